The van der Waals surface area contributed by atoms with Gasteiger partial charge >= 0.3 is 7.82 Å². The Labute approximate surface area is 244 Å². The van der Waals surface area contributed by atoms with Gasteiger partial charge in [-0.1, -0.05) is 64.4 Å². The lowest BCUT2D eigenvalue weighted by Crippen LogP contribution is -2.37. The van der Waals surface area contributed by atoms with E-state index >= 15 is 0 Å². The number of phosphoric acid groups is 1. The maximum atomic E-state index is 14.1. The van der Waals surface area contributed by atoms with Crippen molar-refractivity contribution in [3.8, 4) is 6.07 Å². The molecule has 0 saturated carbocycles. The van der Waals surface area contributed by atoms with Crippen molar-refractivity contribution in [2.45, 2.75) is 102 Å². The zero-order valence-electron chi connectivity index (χ0n) is 23.8. The zero-order chi connectivity index (χ0) is 30.8. The number of rotatable bonds is 18. The molecule has 3 rings (SSSR count). The third-order valence-electron chi connectivity index (χ3n) is 6.46. The summed E-state index contributed by atoms with van der Waals surface area (Å²) in [4.78, 5) is 25.2. The molecule has 42 heavy (non-hydrogen) atoms. The van der Waals surface area contributed by atoms with Crippen LogP contribution in [0.3, 0.4) is 0 Å². The van der Waals surface area contributed by atoms with Gasteiger partial charge in [-0.3, -0.25) is 4.52 Å². The SMILES string of the molecule is CCCCCCCCCCC(CCC#N)OP(=O)(O)O.OC(Cn1cncn1)(Cn1cncn1)c1ccc(F)cc1F. The van der Waals surface area contributed by atoms with E-state index in [0.717, 1.165) is 31.4 Å². The van der Waals surface area contributed by atoms with Crippen LogP contribution in [0.25, 0.3) is 0 Å². The molecule has 0 aliphatic carbocycles. The van der Waals surface area contributed by atoms with Crippen LogP contribution in [0.1, 0.15) is 83.1 Å². The lowest BCUT2D eigenvalue weighted by molar-refractivity contribution is -0.00856. The Morgan fingerprint density at radius 1 is 0.976 bits per heavy atom. The highest BCUT2D eigenvalue weighted by Crippen LogP contribution is 2.39. The monoisotopic (exact) mass is 611 g/mol. The summed E-state index contributed by atoms with van der Waals surface area (Å²) >= 11 is 0. The van der Waals surface area contributed by atoms with Crippen LogP contribution in [0.4, 0.5) is 8.78 Å². The number of halogens is 2. The lowest BCUT2D eigenvalue weighted by atomic mass is 9.93. The van der Waals surface area contributed by atoms with Gasteiger partial charge in [0, 0.05) is 18.1 Å². The van der Waals surface area contributed by atoms with E-state index in [0.29, 0.717) is 12.8 Å². The van der Waals surface area contributed by atoms with Gasteiger partial charge in [0.25, 0.3) is 0 Å². The second kappa shape index (κ2) is 18.5. The molecule has 0 bridgehead atoms. The highest BCUT2D eigenvalue weighted by Gasteiger charge is 2.34. The summed E-state index contributed by atoms with van der Waals surface area (Å²) in [5.74, 6) is -1.56. The molecule has 0 spiro atoms. The average molecular weight is 612 g/mol. The first kappa shape index (κ1) is 35.1. The number of phosphoric ester groups is 1. The Kier molecular flexibility index (Phi) is 15.4. The predicted octanol–water partition coefficient (Wildman–Crippen LogP) is 5.03. The van der Waals surface area contributed by atoms with Crippen molar-refractivity contribution in [3.63, 3.8) is 0 Å². The maximum absolute atomic E-state index is 14.1. The number of unbranched alkanes of at least 4 members (excludes halogenated alkanes) is 7. The Hall–Kier alpha value is -3.08. The van der Waals surface area contributed by atoms with Gasteiger partial charge in [0.2, 0.25) is 0 Å². The Morgan fingerprint density at radius 2 is 1.55 bits per heavy atom. The lowest BCUT2D eigenvalue weighted by Gasteiger charge is -2.28. The molecule has 232 valence electrons. The summed E-state index contributed by atoms with van der Waals surface area (Å²) in [6, 6.07) is 5.00. The van der Waals surface area contributed by atoms with E-state index in [9.17, 15) is 18.5 Å². The highest BCUT2D eigenvalue weighted by atomic mass is 31.2. The fourth-order valence-corrected chi connectivity index (χ4v) is 5.03. The molecule has 12 nitrogen and oxygen atoms in total. The number of aromatic nitrogens is 6. The quantitative estimate of drug-likeness (QED) is 0.131. The van der Waals surface area contributed by atoms with Gasteiger partial charge in [0.15, 0.2) is 0 Å². The first-order chi connectivity index (χ1) is 20.1. The van der Waals surface area contributed by atoms with Gasteiger partial charge in [0.05, 0.1) is 25.3 Å². The summed E-state index contributed by atoms with van der Waals surface area (Å²) < 4.78 is 45.5. The first-order valence-corrected chi connectivity index (χ1v) is 15.5. The molecule has 0 fully saturated rings. The molecule has 1 atom stereocenters. The van der Waals surface area contributed by atoms with Crippen LogP contribution >= 0.6 is 7.82 Å². The number of hydrogen-bond acceptors (Lipinski definition) is 8. The molecule has 15 heteroatoms. The molecule has 1 unspecified atom stereocenters. The Bertz CT molecular complexity index is 1200. The van der Waals surface area contributed by atoms with Crippen LogP contribution in [0.2, 0.25) is 0 Å². The Balaban J connectivity index is 0.000000296. The van der Waals surface area contributed by atoms with Gasteiger partial charge in [-0.05, 0) is 18.9 Å². The number of nitrogens with zero attached hydrogens (tertiary/aromatic N) is 7. The topological polar surface area (TPSA) is 172 Å². The second-order valence-corrected chi connectivity index (χ2v) is 11.2. The van der Waals surface area contributed by atoms with E-state index in [1.165, 1.54) is 72.8 Å². The van der Waals surface area contributed by atoms with Crippen molar-refractivity contribution in [2.24, 2.45) is 0 Å². The van der Waals surface area contributed by atoms with Crippen molar-refractivity contribution in [2.75, 3.05) is 0 Å². The van der Waals surface area contributed by atoms with Crippen LogP contribution in [0.5, 0.6) is 0 Å². The highest BCUT2D eigenvalue weighted by molar-refractivity contribution is 7.46. The zero-order valence-corrected chi connectivity index (χ0v) is 24.7. The van der Waals surface area contributed by atoms with Crippen molar-refractivity contribution >= 4 is 7.82 Å². The number of hydrogen-bond donors (Lipinski definition) is 3. The molecule has 0 aliphatic rings. The van der Waals surface area contributed by atoms with Crippen molar-refractivity contribution in [3.05, 3.63) is 60.7 Å². The predicted molar refractivity (Wildman–Crippen MR) is 149 cm³/mol. The molecule has 0 radical (unpaired) electrons. The second-order valence-electron chi connectivity index (χ2n) is 10.0. The standard InChI is InChI=1S/C14H28NO4P.C13H12F2N6O/c1-2-3-4-5-6-7-8-9-11-14(12-10-13-15)19-20(16,17)18;14-10-1-2-11(12(15)3-10)13(22,4-20-8-16-6-18-20)5-21-9-17-7-19-21/h14H,2-12H2,1H3,(H2,16,17,18);1-3,6-9,22H,4-5H2. The van der Waals surface area contributed by atoms with E-state index < -0.39 is 31.2 Å². The summed E-state index contributed by atoms with van der Waals surface area (Å²) in [6.07, 6.45) is 15.6. The molecule has 3 N–H and O–H groups in total. The molecule has 0 amide bonds. The minimum absolute atomic E-state index is 0.0556. The normalized spacial score (nSPS) is 12.4. The van der Waals surface area contributed by atoms with Crippen molar-refractivity contribution in [1.29, 1.82) is 5.26 Å². The molecule has 3 aromatic rings. The van der Waals surface area contributed by atoms with Crippen LogP contribution in [-0.4, -0.2) is 50.5 Å². The van der Waals surface area contributed by atoms with Gasteiger partial charge in [-0.15, -0.1) is 0 Å². The van der Waals surface area contributed by atoms with Gasteiger partial charge < -0.3 is 14.9 Å². The van der Waals surface area contributed by atoms with E-state index in [1.807, 2.05) is 6.07 Å². The summed E-state index contributed by atoms with van der Waals surface area (Å²) in [7, 11) is -4.45. The molecule has 2 aromatic heterocycles. The van der Waals surface area contributed by atoms with Gasteiger partial charge in [-0.2, -0.15) is 15.5 Å². The molecule has 1 aromatic carbocycles. The van der Waals surface area contributed by atoms with E-state index in [2.05, 4.69) is 27.1 Å². The largest absolute Gasteiger partial charge is 0.469 e. The fraction of sp³-hybridized carbons (Fsp3) is 0.593. The molecular weight excluding hydrogens is 571 g/mol. The number of aliphatic hydroxyl groups is 1. The molecular formula is C27H40F2N7O5P. The minimum atomic E-state index is -4.45. The number of nitriles is 1. The third kappa shape index (κ3) is 13.7. The van der Waals surface area contributed by atoms with Crippen LogP contribution in [-0.2, 0) is 27.8 Å². The average Bonchev–Trinajstić information content (AvgIpc) is 3.62. The first-order valence-electron chi connectivity index (χ1n) is 14.0. The summed E-state index contributed by atoms with van der Waals surface area (Å²) in [5, 5.41) is 27.3. The van der Waals surface area contributed by atoms with Crippen LogP contribution in [0, 0.1) is 23.0 Å². The van der Waals surface area contributed by atoms with Crippen molar-refractivity contribution < 1.29 is 32.8 Å². The van der Waals surface area contributed by atoms with Crippen LogP contribution < -0.4 is 0 Å². The fourth-order valence-electron chi connectivity index (χ4n) is 4.43. The van der Waals surface area contributed by atoms with E-state index in [4.69, 9.17) is 19.6 Å². The Morgan fingerprint density at radius 3 is 2.02 bits per heavy atom. The van der Waals surface area contributed by atoms with Crippen LogP contribution in [0.15, 0.2) is 43.5 Å². The minimum Gasteiger partial charge on any atom is -0.381 e. The smallest absolute Gasteiger partial charge is 0.381 e. The van der Waals surface area contributed by atoms with Gasteiger partial charge in [-0.25, -0.2) is 32.7 Å². The third-order valence-corrected chi connectivity index (χ3v) is 7.03. The molecule has 0 aliphatic heterocycles. The summed E-state index contributed by atoms with van der Waals surface area (Å²) in [5.41, 5.74) is -1.75. The van der Waals surface area contributed by atoms with Gasteiger partial charge in [0.1, 0.15) is 42.5 Å². The maximum Gasteiger partial charge on any atom is 0.469 e. The van der Waals surface area contributed by atoms with Crippen molar-refractivity contribution in [1.82, 2.24) is 29.5 Å². The van der Waals surface area contributed by atoms with E-state index in [1.54, 1.807) is 0 Å². The molecule has 2 heterocycles. The number of benzene rings is 1. The molecule has 0 saturated heterocycles. The van der Waals surface area contributed by atoms with E-state index in [-0.39, 0.29) is 25.1 Å². The summed E-state index contributed by atoms with van der Waals surface area (Å²) in [6.45, 7) is 2.05.